The van der Waals surface area contributed by atoms with Gasteiger partial charge in [0.1, 0.15) is 0 Å². The van der Waals surface area contributed by atoms with Gasteiger partial charge in [0.2, 0.25) is 15.9 Å². The van der Waals surface area contributed by atoms with Gasteiger partial charge in [-0.25, -0.2) is 13.6 Å². The predicted molar refractivity (Wildman–Crippen MR) is 77.1 cm³/mol. The molecule has 0 bridgehead atoms. The zero-order chi connectivity index (χ0) is 14.5. The van der Waals surface area contributed by atoms with E-state index >= 15 is 0 Å². The number of amides is 1. The highest BCUT2D eigenvalue weighted by Gasteiger charge is 2.07. The summed E-state index contributed by atoms with van der Waals surface area (Å²) in [5.74, 6) is -0.166. The molecule has 0 aliphatic heterocycles. The second kappa shape index (κ2) is 6.60. The largest absolute Gasteiger partial charge is 0.332 e. The molecule has 0 atom stereocenters. The monoisotopic (exact) mass is 301 g/mol. The maximum Gasteiger partial charge on any atom is 0.238 e. The molecule has 1 rings (SSSR count). The molecule has 0 radical (unpaired) electrons. The zero-order valence-corrected chi connectivity index (χ0v) is 12.0. The first-order valence-corrected chi connectivity index (χ1v) is 7.52. The van der Waals surface area contributed by atoms with Gasteiger partial charge < -0.3 is 10.6 Å². The van der Waals surface area contributed by atoms with Crippen molar-refractivity contribution in [1.29, 1.82) is 0 Å². The van der Waals surface area contributed by atoms with Crippen LogP contribution in [0.1, 0.15) is 19.8 Å². The Kier molecular flexibility index (Phi) is 5.40. The van der Waals surface area contributed by atoms with Gasteiger partial charge in [-0.1, -0.05) is 6.92 Å². The third-order valence-corrected chi connectivity index (χ3v) is 3.30. The number of carbonyl (C=O) groups is 1. The first-order chi connectivity index (χ1) is 8.82. The van der Waals surface area contributed by atoms with Gasteiger partial charge in [0, 0.05) is 12.1 Å². The lowest BCUT2D eigenvalue weighted by Gasteiger charge is -2.09. The SMILES string of the molecule is CCCC(=O)NC(=S)Nc1ccc(S(N)(=O)=O)cc1. The second-order valence-electron chi connectivity index (χ2n) is 3.82. The quantitative estimate of drug-likeness (QED) is 0.719. The minimum atomic E-state index is -3.70. The lowest BCUT2D eigenvalue weighted by atomic mass is 10.3. The van der Waals surface area contributed by atoms with E-state index in [1.807, 2.05) is 6.92 Å². The van der Waals surface area contributed by atoms with Crippen LogP contribution in [0.25, 0.3) is 0 Å². The van der Waals surface area contributed by atoms with Gasteiger partial charge in [-0.3, -0.25) is 4.79 Å². The summed E-state index contributed by atoms with van der Waals surface area (Å²) < 4.78 is 22.1. The Hall–Kier alpha value is -1.51. The van der Waals surface area contributed by atoms with Crippen LogP contribution in [0.2, 0.25) is 0 Å². The Morgan fingerprint density at radius 2 is 1.89 bits per heavy atom. The van der Waals surface area contributed by atoms with Gasteiger partial charge in [-0.05, 0) is 42.9 Å². The molecule has 0 spiro atoms. The Labute approximate surface area is 117 Å². The van der Waals surface area contributed by atoms with Crippen molar-refractivity contribution in [1.82, 2.24) is 5.32 Å². The molecule has 104 valence electrons. The van der Waals surface area contributed by atoms with Crippen molar-refractivity contribution in [3.8, 4) is 0 Å². The smallest absolute Gasteiger partial charge is 0.238 e. The van der Waals surface area contributed by atoms with Crippen LogP contribution >= 0.6 is 12.2 Å². The predicted octanol–water partition coefficient (Wildman–Crippen LogP) is 0.947. The molecule has 19 heavy (non-hydrogen) atoms. The number of carbonyl (C=O) groups excluding carboxylic acids is 1. The molecule has 0 aliphatic rings. The first kappa shape index (κ1) is 15.5. The molecule has 1 aromatic carbocycles. The van der Waals surface area contributed by atoms with E-state index < -0.39 is 10.0 Å². The van der Waals surface area contributed by atoms with Crippen molar-refractivity contribution in [2.75, 3.05) is 5.32 Å². The zero-order valence-electron chi connectivity index (χ0n) is 10.3. The fourth-order valence-corrected chi connectivity index (χ4v) is 2.05. The van der Waals surface area contributed by atoms with Crippen LogP contribution in [0.5, 0.6) is 0 Å². The third kappa shape index (κ3) is 5.33. The molecule has 1 amide bonds. The normalized spacial score (nSPS) is 10.8. The molecular formula is C11H15N3O3S2. The number of primary sulfonamides is 1. The molecule has 4 N–H and O–H groups in total. The molecule has 0 aromatic heterocycles. The molecule has 0 aliphatic carbocycles. The molecular weight excluding hydrogens is 286 g/mol. The molecule has 1 aromatic rings. The number of thiocarbonyl (C=S) groups is 1. The van der Waals surface area contributed by atoms with Crippen molar-refractivity contribution < 1.29 is 13.2 Å². The Bertz CT molecular complexity index is 567. The van der Waals surface area contributed by atoms with Crippen molar-refractivity contribution in [2.24, 2.45) is 5.14 Å². The number of hydrogen-bond donors (Lipinski definition) is 3. The second-order valence-corrected chi connectivity index (χ2v) is 5.79. The lowest BCUT2D eigenvalue weighted by Crippen LogP contribution is -2.33. The molecule has 0 saturated carbocycles. The van der Waals surface area contributed by atoms with Gasteiger partial charge in [0.25, 0.3) is 0 Å². The molecule has 0 fully saturated rings. The number of anilines is 1. The topological polar surface area (TPSA) is 101 Å². The van der Waals surface area contributed by atoms with E-state index in [0.717, 1.165) is 6.42 Å². The highest BCUT2D eigenvalue weighted by Crippen LogP contribution is 2.12. The van der Waals surface area contributed by atoms with Crippen molar-refractivity contribution in [2.45, 2.75) is 24.7 Å². The molecule has 8 heteroatoms. The summed E-state index contributed by atoms with van der Waals surface area (Å²) >= 11 is 4.95. The van der Waals surface area contributed by atoms with Crippen LogP contribution in [0, 0.1) is 0 Å². The summed E-state index contributed by atoms with van der Waals surface area (Å²) in [6.45, 7) is 1.89. The minimum Gasteiger partial charge on any atom is -0.332 e. The van der Waals surface area contributed by atoms with Crippen LogP contribution in [-0.4, -0.2) is 19.4 Å². The average molecular weight is 301 g/mol. The van der Waals surface area contributed by atoms with Gasteiger partial charge in [0.05, 0.1) is 4.90 Å². The van der Waals surface area contributed by atoms with Gasteiger partial charge in [-0.2, -0.15) is 0 Å². The summed E-state index contributed by atoms with van der Waals surface area (Å²) in [6, 6.07) is 5.73. The fourth-order valence-electron chi connectivity index (χ4n) is 1.31. The summed E-state index contributed by atoms with van der Waals surface area (Å²) in [4.78, 5) is 11.3. The fraction of sp³-hybridized carbons (Fsp3) is 0.273. The Morgan fingerprint density at radius 3 is 2.37 bits per heavy atom. The summed E-state index contributed by atoms with van der Waals surface area (Å²) in [6.07, 6.45) is 1.13. The van der Waals surface area contributed by atoms with Gasteiger partial charge in [-0.15, -0.1) is 0 Å². The number of nitrogens with two attached hydrogens (primary N) is 1. The highest BCUT2D eigenvalue weighted by atomic mass is 32.2. The molecule has 0 unspecified atom stereocenters. The van der Waals surface area contributed by atoms with Crippen molar-refractivity contribution in [3.63, 3.8) is 0 Å². The van der Waals surface area contributed by atoms with Crippen LogP contribution in [0.15, 0.2) is 29.2 Å². The maximum absolute atomic E-state index is 11.3. The van der Waals surface area contributed by atoms with E-state index in [2.05, 4.69) is 10.6 Å². The number of benzene rings is 1. The van der Waals surface area contributed by atoms with Crippen molar-refractivity contribution >= 4 is 38.9 Å². The standard InChI is InChI=1S/C11H15N3O3S2/c1-2-3-10(15)14-11(18)13-8-4-6-9(7-5-8)19(12,16)17/h4-7H,2-3H2,1H3,(H2,12,16,17)(H2,13,14,15,18). The van der Waals surface area contributed by atoms with E-state index in [9.17, 15) is 13.2 Å². The Morgan fingerprint density at radius 1 is 1.32 bits per heavy atom. The van der Waals surface area contributed by atoms with E-state index in [-0.39, 0.29) is 15.9 Å². The van der Waals surface area contributed by atoms with Crippen LogP contribution in [0.4, 0.5) is 5.69 Å². The minimum absolute atomic E-state index is 0.0130. The number of sulfonamides is 1. The summed E-state index contributed by atoms with van der Waals surface area (Å²) in [5.41, 5.74) is 0.564. The Balaban J connectivity index is 2.63. The highest BCUT2D eigenvalue weighted by molar-refractivity contribution is 7.89. The van der Waals surface area contributed by atoms with Gasteiger partial charge >= 0.3 is 0 Å². The first-order valence-electron chi connectivity index (χ1n) is 5.56. The van der Waals surface area contributed by atoms with Crippen molar-refractivity contribution in [3.05, 3.63) is 24.3 Å². The average Bonchev–Trinajstić information content (AvgIpc) is 2.28. The van der Waals surface area contributed by atoms with Crippen LogP contribution in [0.3, 0.4) is 0 Å². The lowest BCUT2D eigenvalue weighted by molar-refractivity contribution is -0.119. The van der Waals surface area contributed by atoms with Crippen LogP contribution < -0.4 is 15.8 Å². The van der Waals surface area contributed by atoms with Crippen LogP contribution in [-0.2, 0) is 14.8 Å². The van der Waals surface area contributed by atoms with E-state index in [0.29, 0.717) is 12.1 Å². The number of rotatable bonds is 4. The molecule has 6 nitrogen and oxygen atoms in total. The molecule has 0 saturated heterocycles. The van der Waals surface area contributed by atoms with E-state index in [1.165, 1.54) is 24.3 Å². The third-order valence-electron chi connectivity index (χ3n) is 2.17. The summed E-state index contributed by atoms with van der Waals surface area (Å²) in [7, 11) is -3.70. The molecule has 0 heterocycles. The summed E-state index contributed by atoms with van der Waals surface area (Å²) in [5, 5.41) is 10.4. The number of hydrogen-bond acceptors (Lipinski definition) is 4. The van der Waals surface area contributed by atoms with Gasteiger partial charge in [0.15, 0.2) is 5.11 Å². The number of nitrogens with one attached hydrogen (secondary N) is 2. The maximum atomic E-state index is 11.3. The van der Waals surface area contributed by atoms with E-state index in [4.69, 9.17) is 17.4 Å². The van der Waals surface area contributed by atoms with E-state index in [1.54, 1.807) is 0 Å².